The minimum atomic E-state index is -0.610. The number of nitrogens with one attached hydrogen (secondary N) is 1. The van der Waals surface area contributed by atoms with Crippen molar-refractivity contribution in [2.75, 3.05) is 6.54 Å². The third-order valence-corrected chi connectivity index (χ3v) is 3.80. The van der Waals surface area contributed by atoms with Crippen molar-refractivity contribution in [2.24, 2.45) is 0 Å². The zero-order chi connectivity index (χ0) is 13.0. The highest BCUT2D eigenvalue weighted by Crippen LogP contribution is 2.27. The molecule has 0 unspecified atom stereocenters. The summed E-state index contributed by atoms with van der Waals surface area (Å²) in [5, 5.41) is 13.8. The Hall–Kier alpha value is -0.640. The quantitative estimate of drug-likeness (QED) is 0.881. The Morgan fingerprint density at radius 2 is 2.00 bits per heavy atom. The molecular formula is C14H19ClFNO. The molecule has 0 radical (unpaired) electrons. The van der Waals surface area contributed by atoms with Gasteiger partial charge >= 0.3 is 0 Å². The van der Waals surface area contributed by atoms with Gasteiger partial charge in [0.2, 0.25) is 0 Å². The fraction of sp³-hybridized carbons (Fsp3) is 0.571. The van der Waals surface area contributed by atoms with E-state index in [-0.39, 0.29) is 5.82 Å². The predicted octanol–water partition coefficient (Wildman–Crippen LogP) is 3.26. The fourth-order valence-corrected chi connectivity index (χ4v) is 2.64. The van der Waals surface area contributed by atoms with Gasteiger partial charge in [0.1, 0.15) is 5.82 Å². The average Bonchev–Trinajstić information content (AvgIpc) is 2.33. The van der Waals surface area contributed by atoms with Crippen LogP contribution in [0.15, 0.2) is 18.2 Å². The molecule has 18 heavy (non-hydrogen) atoms. The third kappa shape index (κ3) is 3.67. The van der Waals surface area contributed by atoms with Gasteiger partial charge in [-0.25, -0.2) is 4.39 Å². The molecule has 0 amide bonds. The van der Waals surface area contributed by atoms with Crippen molar-refractivity contribution < 1.29 is 9.50 Å². The van der Waals surface area contributed by atoms with Crippen LogP contribution in [-0.2, 0) is 6.54 Å². The Kier molecular flexibility index (Phi) is 4.60. The second kappa shape index (κ2) is 6.00. The summed E-state index contributed by atoms with van der Waals surface area (Å²) < 4.78 is 13.5. The number of halogens is 2. The van der Waals surface area contributed by atoms with E-state index in [1.54, 1.807) is 12.1 Å². The Morgan fingerprint density at radius 3 is 2.67 bits per heavy atom. The first-order valence-electron chi connectivity index (χ1n) is 6.46. The first-order valence-corrected chi connectivity index (χ1v) is 6.84. The molecule has 1 aromatic rings. The van der Waals surface area contributed by atoms with Gasteiger partial charge in [-0.2, -0.15) is 0 Å². The standard InChI is InChI=1S/C14H19ClFNO/c15-12-5-4-11(13(16)8-12)9-17-10-14(18)6-2-1-3-7-14/h4-5,8,17-18H,1-3,6-7,9-10H2. The van der Waals surface area contributed by atoms with Crippen LogP contribution in [0.25, 0.3) is 0 Å². The second-order valence-electron chi connectivity index (χ2n) is 5.12. The molecule has 1 aliphatic carbocycles. The minimum absolute atomic E-state index is 0.300. The molecule has 2 nitrogen and oxygen atoms in total. The summed E-state index contributed by atoms with van der Waals surface area (Å²) in [4.78, 5) is 0. The Balaban J connectivity index is 1.84. The highest BCUT2D eigenvalue weighted by atomic mass is 35.5. The summed E-state index contributed by atoms with van der Waals surface area (Å²) in [5.41, 5.74) is -0.0277. The normalized spacial score (nSPS) is 18.8. The van der Waals surface area contributed by atoms with Crippen LogP contribution in [0.4, 0.5) is 4.39 Å². The lowest BCUT2D eigenvalue weighted by Crippen LogP contribution is -2.41. The van der Waals surface area contributed by atoms with Crippen molar-refractivity contribution in [3.8, 4) is 0 Å². The second-order valence-corrected chi connectivity index (χ2v) is 5.56. The van der Waals surface area contributed by atoms with Gasteiger partial charge in [0.05, 0.1) is 5.60 Å². The maximum absolute atomic E-state index is 13.5. The summed E-state index contributed by atoms with van der Waals surface area (Å²) in [7, 11) is 0. The van der Waals surface area contributed by atoms with Crippen molar-refractivity contribution >= 4 is 11.6 Å². The molecule has 0 heterocycles. The monoisotopic (exact) mass is 271 g/mol. The van der Waals surface area contributed by atoms with Crippen LogP contribution in [-0.4, -0.2) is 17.3 Å². The van der Waals surface area contributed by atoms with E-state index in [1.165, 1.54) is 12.5 Å². The van der Waals surface area contributed by atoms with Crippen LogP contribution in [0.1, 0.15) is 37.7 Å². The smallest absolute Gasteiger partial charge is 0.129 e. The summed E-state index contributed by atoms with van der Waals surface area (Å²) in [6, 6.07) is 4.67. The molecule has 1 aromatic carbocycles. The molecule has 4 heteroatoms. The Bertz CT molecular complexity index is 405. The van der Waals surface area contributed by atoms with E-state index in [1.807, 2.05) is 0 Å². The first-order chi connectivity index (χ1) is 8.59. The number of benzene rings is 1. The van der Waals surface area contributed by atoms with Gasteiger partial charge < -0.3 is 10.4 Å². The third-order valence-electron chi connectivity index (χ3n) is 3.57. The molecule has 2 rings (SSSR count). The van der Waals surface area contributed by atoms with Gasteiger partial charge in [-0.3, -0.25) is 0 Å². The number of aliphatic hydroxyl groups is 1. The average molecular weight is 272 g/mol. The zero-order valence-corrected chi connectivity index (χ0v) is 11.1. The molecule has 1 saturated carbocycles. The molecule has 1 aliphatic rings. The van der Waals surface area contributed by atoms with Crippen LogP contribution in [0.3, 0.4) is 0 Å². The largest absolute Gasteiger partial charge is 0.389 e. The predicted molar refractivity (Wildman–Crippen MR) is 71.2 cm³/mol. The van der Waals surface area contributed by atoms with Crippen molar-refractivity contribution in [1.29, 1.82) is 0 Å². The van der Waals surface area contributed by atoms with Crippen molar-refractivity contribution in [3.63, 3.8) is 0 Å². The molecular weight excluding hydrogens is 253 g/mol. The zero-order valence-electron chi connectivity index (χ0n) is 10.4. The highest BCUT2D eigenvalue weighted by Gasteiger charge is 2.28. The van der Waals surface area contributed by atoms with Crippen LogP contribution < -0.4 is 5.32 Å². The van der Waals surface area contributed by atoms with E-state index in [9.17, 15) is 9.50 Å². The lowest BCUT2D eigenvalue weighted by Gasteiger charge is -2.32. The van der Waals surface area contributed by atoms with Crippen molar-refractivity contribution in [3.05, 3.63) is 34.6 Å². The van der Waals surface area contributed by atoms with Gasteiger partial charge in [0, 0.05) is 23.7 Å². The highest BCUT2D eigenvalue weighted by molar-refractivity contribution is 6.30. The molecule has 0 atom stereocenters. The molecule has 0 spiro atoms. The van der Waals surface area contributed by atoms with Crippen molar-refractivity contribution in [2.45, 2.75) is 44.2 Å². The number of hydrogen-bond acceptors (Lipinski definition) is 2. The van der Waals surface area contributed by atoms with E-state index in [0.29, 0.717) is 23.7 Å². The van der Waals surface area contributed by atoms with E-state index in [4.69, 9.17) is 11.6 Å². The molecule has 0 aromatic heterocycles. The number of hydrogen-bond donors (Lipinski definition) is 2. The first kappa shape index (κ1) is 13.8. The van der Waals surface area contributed by atoms with E-state index in [2.05, 4.69) is 5.32 Å². The van der Waals surface area contributed by atoms with Crippen LogP contribution in [0, 0.1) is 5.82 Å². The molecule has 0 saturated heterocycles. The van der Waals surface area contributed by atoms with E-state index < -0.39 is 5.60 Å². The summed E-state index contributed by atoms with van der Waals surface area (Å²) in [6.07, 6.45) is 5.03. The van der Waals surface area contributed by atoms with Crippen LogP contribution in [0.5, 0.6) is 0 Å². The van der Waals surface area contributed by atoms with Gasteiger partial charge in [-0.05, 0) is 25.0 Å². The molecule has 1 fully saturated rings. The minimum Gasteiger partial charge on any atom is -0.389 e. The van der Waals surface area contributed by atoms with Gasteiger partial charge in [0.15, 0.2) is 0 Å². The van der Waals surface area contributed by atoms with Crippen molar-refractivity contribution in [1.82, 2.24) is 5.32 Å². The maximum atomic E-state index is 13.5. The SMILES string of the molecule is OC1(CNCc2ccc(Cl)cc2F)CCCCC1. The summed E-state index contributed by atoms with van der Waals surface area (Å²) >= 11 is 5.69. The molecule has 0 aliphatic heterocycles. The lowest BCUT2D eigenvalue weighted by atomic mass is 9.85. The molecule has 100 valence electrons. The van der Waals surface area contributed by atoms with E-state index >= 15 is 0 Å². The maximum Gasteiger partial charge on any atom is 0.129 e. The summed E-state index contributed by atoms with van der Waals surface area (Å²) in [5.74, 6) is -0.300. The fourth-order valence-electron chi connectivity index (χ4n) is 2.48. The summed E-state index contributed by atoms with van der Waals surface area (Å²) in [6.45, 7) is 0.945. The molecule has 0 bridgehead atoms. The lowest BCUT2D eigenvalue weighted by molar-refractivity contribution is 0.00462. The van der Waals surface area contributed by atoms with E-state index in [0.717, 1.165) is 25.7 Å². The Labute approximate surface area is 112 Å². The van der Waals surface area contributed by atoms with Gasteiger partial charge in [-0.15, -0.1) is 0 Å². The van der Waals surface area contributed by atoms with Gasteiger partial charge in [-0.1, -0.05) is 36.9 Å². The van der Waals surface area contributed by atoms with Crippen LogP contribution in [0.2, 0.25) is 5.02 Å². The molecule has 2 N–H and O–H groups in total. The van der Waals surface area contributed by atoms with Crippen LogP contribution >= 0.6 is 11.6 Å². The number of rotatable bonds is 4. The topological polar surface area (TPSA) is 32.3 Å². The Morgan fingerprint density at radius 1 is 1.28 bits per heavy atom. The van der Waals surface area contributed by atoms with Gasteiger partial charge in [0.25, 0.3) is 0 Å².